The summed E-state index contributed by atoms with van der Waals surface area (Å²) in [6, 6.07) is 0. The molecule has 16 heavy (non-hydrogen) atoms. The Hall–Kier alpha value is -0.580. The van der Waals surface area contributed by atoms with E-state index in [-0.39, 0.29) is 12.8 Å². The lowest BCUT2D eigenvalue weighted by molar-refractivity contribution is -0.177. The van der Waals surface area contributed by atoms with Gasteiger partial charge in [-0.1, -0.05) is 13.8 Å². The molecule has 1 nitrogen and oxygen atoms in total. The highest BCUT2D eigenvalue weighted by atomic mass is 32.1. The van der Waals surface area contributed by atoms with E-state index in [4.69, 9.17) is 0 Å². The van der Waals surface area contributed by atoms with Gasteiger partial charge in [0.15, 0.2) is 0 Å². The van der Waals surface area contributed by atoms with Crippen LogP contribution in [0.1, 0.15) is 35.8 Å². The first-order valence-electron chi connectivity index (χ1n) is 5.48. The fourth-order valence-electron chi connectivity index (χ4n) is 1.79. The molecule has 1 aromatic heterocycles. The minimum atomic E-state index is -4.06. The normalized spacial score (nSPS) is 19.8. The molecule has 0 aliphatic heterocycles. The van der Waals surface area contributed by atoms with Gasteiger partial charge in [-0.05, 0) is 19.8 Å². The van der Waals surface area contributed by atoms with E-state index in [0.29, 0.717) is 12.1 Å². The summed E-state index contributed by atoms with van der Waals surface area (Å²) >= 11 is 1.52. The molecule has 0 fully saturated rings. The van der Waals surface area contributed by atoms with E-state index in [0.717, 1.165) is 9.88 Å². The molecule has 92 valence electrons. The van der Waals surface area contributed by atoms with Gasteiger partial charge >= 0.3 is 6.18 Å². The van der Waals surface area contributed by atoms with Crippen molar-refractivity contribution in [2.45, 2.75) is 46.2 Å². The molecule has 1 atom stereocenters. The SMILES string of the molecule is CC.Cc1nc2c(s1)CCC(C(F)(F)F)C2. The van der Waals surface area contributed by atoms with Crippen molar-refractivity contribution in [2.24, 2.45) is 5.92 Å². The quantitative estimate of drug-likeness (QED) is 0.675. The summed E-state index contributed by atoms with van der Waals surface area (Å²) in [5.74, 6) is -1.18. The summed E-state index contributed by atoms with van der Waals surface area (Å²) in [7, 11) is 0. The molecule has 0 bridgehead atoms. The number of thiazole rings is 1. The van der Waals surface area contributed by atoms with Crippen LogP contribution < -0.4 is 0 Å². The van der Waals surface area contributed by atoms with Gasteiger partial charge in [0.1, 0.15) is 0 Å². The average molecular weight is 251 g/mol. The molecule has 5 heteroatoms. The Morgan fingerprint density at radius 3 is 2.50 bits per heavy atom. The Morgan fingerprint density at radius 1 is 1.31 bits per heavy atom. The van der Waals surface area contributed by atoms with Crippen LogP contribution in [0.5, 0.6) is 0 Å². The third-order valence-corrected chi connectivity index (χ3v) is 3.58. The summed E-state index contributed by atoms with van der Waals surface area (Å²) in [5, 5.41) is 0.873. The highest BCUT2D eigenvalue weighted by Gasteiger charge is 2.41. The maximum absolute atomic E-state index is 12.4. The summed E-state index contributed by atoms with van der Waals surface area (Å²) in [4.78, 5) is 5.18. The highest BCUT2D eigenvalue weighted by molar-refractivity contribution is 7.11. The first-order chi connectivity index (χ1) is 7.47. The molecular weight excluding hydrogens is 235 g/mol. The fourth-order valence-corrected chi connectivity index (χ4v) is 2.77. The number of fused-ring (bicyclic) bond motifs is 1. The number of nitrogens with zero attached hydrogens (tertiary/aromatic N) is 1. The summed E-state index contributed by atoms with van der Waals surface area (Å²) in [6.07, 6.45) is -3.23. The van der Waals surface area contributed by atoms with E-state index in [1.54, 1.807) is 0 Å². The van der Waals surface area contributed by atoms with Crippen LogP contribution in [0.2, 0.25) is 0 Å². The van der Waals surface area contributed by atoms with Gasteiger partial charge < -0.3 is 0 Å². The maximum Gasteiger partial charge on any atom is 0.392 e. The van der Waals surface area contributed by atoms with Crippen LogP contribution in [0.3, 0.4) is 0 Å². The molecule has 0 amide bonds. The van der Waals surface area contributed by atoms with E-state index < -0.39 is 12.1 Å². The number of halogens is 3. The van der Waals surface area contributed by atoms with Crippen LogP contribution in [0.4, 0.5) is 13.2 Å². The van der Waals surface area contributed by atoms with E-state index >= 15 is 0 Å². The number of alkyl halides is 3. The number of rotatable bonds is 0. The molecule has 1 aromatic rings. The molecule has 2 rings (SSSR count). The first-order valence-corrected chi connectivity index (χ1v) is 6.30. The van der Waals surface area contributed by atoms with Crippen molar-refractivity contribution in [3.05, 3.63) is 15.6 Å². The smallest absolute Gasteiger partial charge is 0.246 e. The van der Waals surface area contributed by atoms with Crippen LogP contribution in [-0.4, -0.2) is 11.2 Å². The van der Waals surface area contributed by atoms with Gasteiger partial charge in [-0.2, -0.15) is 13.2 Å². The minimum Gasteiger partial charge on any atom is -0.246 e. The molecule has 0 N–H and O–H groups in total. The Bertz CT molecular complexity index is 343. The minimum absolute atomic E-state index is 0.0726. The monoisotopic (exact) mass is 251 g/mol. The fraction of sp³-hybridized carbons (Fsp3) is 0.727. The predicted octanol–water partition coefficient (Wildman–Crippen LogP) is 4.14. The highest BCUT2D eigenvalue weighted by Crippen LogP contribution is 2.38. The molecule has 0 saturated heterocycles. The molecule has 0 aromatic carbocycles. The van der Waals surface area contributed by atoms with Gasteiger partial charge in [-0.3, -0.25) is 0 Å². The standard InChI is InChI=1S/C9H10F3NS.C2H6/c1-5-13-7-4-6(9(10,11)12)2-3-8(7)14-5;1-2/h6H,2-4H2,1H3;1-2H3. The lowest BCUT2D eigenvalue weighted by atomic mass is 9.90. The second-order valence-electron chi connectivity index (χ2n) is 3.58. The first kappa shape index (κ1) is 13.5. The van der Waals surface area contributed by atoms with Crippen molar-refractivity contribution in [3.8, 4) is 0 Å². The van der Waals surface area contributed by atoms with Gasteiger partial charge in [0.05, 0.1) is 16.6 Å². The molecule has 0 spiro atoms. The van der Waals surface area contributed by atoms with Crippen molar-refractivity contribution in [2.75, 3.05) is 0 Å². The van der Waals surface area contributed by atoms with E-state index in [1.807, 2.05) is 20.8 Å². The zero-order chi connectivity index (χ0) is 12.3. The van der Waals surface area contributed by atoms with Crippen LogP contribution in [0.15, 0.2) is 0 Å². The largest absolute Gasteiger partial charge is 0.392 e. The summed E-state index contributed by atoms with van der Waals surface area (Å²) < 4.78 is 37.3. The number of hydrogen-bond donors (Lipinski definition) is 0. The molecule has 1 aliphatic carbocycles. The van der Waals surface area contributed by atoms with Crippen molar-refractivity contribution in [1.29, 1.82) is 0 Å². The van der Waals surface area contributed by atoms with Crippen molar-refractivity contribution >= 4 is 11.3 Å². The Labute approximate surface area is 97.7 Å². The van der Waals surface area contributed by atoms with E-state index in [2.05, 4.69) is 4.98 Å². The molecular formula is C11H16F3NS. The number of aromatic nitrogens is 1. The van der Waals surface area contributed by atoms with E-state index in [1.165, 1.54) is 11.3 Å². The zero-order valence-corrected chi connectivity index (χ0v) is 10.5. The number of hydrogen-bond acceptors (Lipinski definition) is 2. The van der Waals surface area contributed by atoms with Gasteiger partial charge in [0.25, 0.3) is 0 Å². The second-order valence-corrected chi connectivity index (χ2v) is 4.87. The molecule has 1 aliphatic rings. The van der Waals surface area contributed by atoms with Gasteiger partial charge in [-0.25, -0.2) is 4.98 Å². The van der Waals surface area contributed by atoms with Crippen LogP contribution in [0, 0.1) is 12.8 Å². The summed E-state index contributed by atoms with van der Waals surface area (Å²) in [5.41, 5.74) is 0.668. The Kier molecular flexibility index (Phi) is 4.35. The van der Waals surface area contributed by atoms with Crippen LogP contribution in [-0.2, 0) is 12.8 Å². The Morgan fingerprint density at radius 2 is 1.94 bits per heavy atom. The second kappa shape index (κ2) is 5.17. The van der Waals surface area contributed by atoms with Crippen molar-refractivity contribution in [1.82, 2.24) is 4.98 Å². The lowest BCUT2D eigenvalue weighted by Gasteiger charge is -2.23. The third kappa shape index (κ3) is 2.97. The molecule has 0 saturated carbocycles. The van der Waals surface area contributed by atoms with Gasteiger partial charge in [-0.15, -0.1) is 11.3 Å². The zero-order valence-electron chi connectivity index (χ0n) is 9.69. The molecule has 0 radical (unpaired) electrons. The summed E-state index contributed by atoms with van der Waals surface area (Å²) in [6.45, 7) is 5.84. The van der Waals surface area contributed by atoms with Gasteiger partial charge in [0.2, 0.25) is 0 Å². The predicted molar refractivity (Wildman–Crippen MR) is 59.8 cm³/mol. The molecule has 1 heterocycles. The topological polar surface area (TPSA) is 12.9 Å². The van der Waals surface area contributed by atoms with E-state index in [9.17, 15) is 13.2 Å². The molecule has 1 unspecified atom stereocenters. The maximum atomic E-state index is 12.4. The van der Waals surface area contributed by atoms with Crippen LogP contribution >= 0.6 is 11.3 Å². The third-order valence-electron chi connectivity index (χ3n) is 2.51. The average Bonchev–Trinajstić information content (AvgIpc) is 2.58. The van der Waals surface area contributed by atoms with Crippen LogP contribution in [0.25, 0.3) is 0 Å². The Balaban J connectivity index is 0.000000606. The number of aryl methyl sites for hydroxylation is 2. The van der Waals surface area contributed by atoms with Crippen molar-refractivity contribution in [3.63, 3.8) is 0 Å². The van der Waals surface area contributed by atoms with Crippen molar-refractivity contribution < 1.29 is 13.2 Å². The lowest BCUT2D eigenvalue weighted by Crippen LogP contribution is -2.28. The van der Waals surface area contributed by atoms with Gasteiger partial charge in [0, 0.05) is 11.3 Å².